The van der Waals surface area contributed by atoms with Crippen LogP contribution in [0.4, 0.5) is 8.78 Å². The molecule has 2 aromatic carbocycles. The van der Waals surface area contributed by atoms with Gasteiger partial charge in [-0.2, -0.15) is 14.0 Å². The molecule has 0 aliphatic rings. The monoisotopic (exact) mass is 372 g/mol. The van der Waals surface area contributed by atoms with Crippen LogP contribution in [0.15, 0.2) is 54.1 Å². The van der Waals surface area contributed by atoms with Crippen molar-refractivity contribution < 1.29 is 23.0 Å². The number of carbonyl (C=O) groups is 1. The molecule has 0 radical (unpaired) electrons. The Bertz CT molecular complexity index is 846. The normalized spacial score (nSPS) is 11.0. The van der Waals surface area contributed by atoms with E-state index in [2.05, 4.69) is 10.1 Å². The Morgan fingerprint density at radius 3 is 2.59 bits per heavy atom. The largest absolute Gasteiger partial charge is 0.490 e. The SMILES string of the molecule is CCOc1cc(/C=C(\C#N)C(=O)NCc2ccccc2)ccc1OC(F)F. The zero-order valence-electron chi connectivity index (χ0n) is 14.6. The maximum Gasteiger partial charge on any atom is 0.387 e. The highest BCUT2D eigenvalue weighted by atomic mass is 19.3. The first-order valence-corrected chi connectivity index (χ1v) is 8.19. The predicted molar refractivity (Wildman–Crippen MR) is 96.1 cm³/mol. The fourth-order valence-electron chi connectivity index (χ4n) is 2.26. The Morgan fingerprint density at radius 2 is 1.96 bits per heavy atom. The van der Waals surface area contributed by atoms with Crippen molar-refractivity contribution in [3.8, 4) is 17.6 Å². The van der Waals surface area contributed by atoms with Gasteiger partial charge in [-0.05, 0) is 36.3 Å². The molecule has 0 saturated carbocycles. The second kappa shape index (κ2) is 9.92. The molecule has 0 heterocycles. The second-order valence-corrected chi connectivity index (χ2v) is 5.36. The zero-order valence-corrected chi connectivity index (χ0v) is 14.6. The third-order valence-electron chi connectivity index (χ3n) is 3.46. The molecule has 0 aliphatic heterocycles. The Morgan fingerprint density at radius 1 is 1.22 bits per heavy atom. The fourth-order valence-corrected chi connectivity index (χ4v) is 2.26. The molecule has 140 valence electrons. The van der Waals surface area contributed by atoms with E-state index in [0.29, 0.717) is 5.56 Å². The first-order valence-electron chi connectivity index (χ1n) is 8.19. The number of benzene rings is 2. The van der Waals surface area contributed by atoms with Gasteiger partial charge in [0, 0.05) is 6.54 Å². The Hall–Kier alpha value is -3.40. The highest BCUT2D eigenvalue weighted by molar-refractivity contribution is 6.01. The van der Waals surface area contributed by atoms with Crippen LogP contribution >= 0.6 is 0 Å². The number of halogens is 2. The summed E-state index contributed by atoms with van der Waals surface area (Å²) in [6.45, 7) is -0.754. The summed E-state index contributed by atoms with van der Waals surface area (Å²) in [4.78, 5) is 12.2. The van der Waals surface area contributed by atoms with Crippen molar-refractivity contribution in [3.05, 3.63) is 65.2 Å². The van der Waals surface area contributed by atoms with Crippen molar-refractivity contribution in [2.24, 2.45) is 0 Å². The predicted octanol–water partition coefficient (Wildman–Crippen LogP) is 3.91. The number of hydrogen-bond acceptors (Lipinski definition) is 4. The number of nitriles is 1. The summed E-state index contributed by atoms with van der Waals surface area (Å²) in [5.41, 5.74) is 1.23. The van der Waals surface area contributed by atoms with Gasteiger partial charge >= 0.3 is 6.61 Å². The lowest BCUT2D eigenvalue weighted by Gasteiger charge is -2.12. The van der Waals surface area contributed by atoms with Crippen LogP contribution in [0.25, 0.3) is 6.08 Å². The molecule has 0 fully saturated rings. The van der Waals surface area contributed by atoms with E-state index in [0.717, 1.165) is 5.56 Å². The summed E-state index contributed by atoms with van der Waals surface area (Å²) in [7, 11) is 0. The van der Waals surface area contributed by atoms with Crippen molar-refractivity contribution in [2.45, 2.75) is 20.1 Å². The molecule has 0 aromatic heterocycles. The molecule has 2 aromatic rings. The summed E-state index contributed by atoms with van der Waals surface area (Å²) in [5, 5.41) is 11.9. The lowest BCUT2D eigenvalue weighted by molar-refractivity contribution is -0.117. The molecule has 2 rings (SSSR count). The van der Waals surface area contributed by atoms with Crippen LogP contribution < -0.4 is 14.8 Å². The van der Waals surface area contributed by atoms with Gasteiger partial charge in [-0.25, -0.2) is 0 Å². The molecule has 0 aliphatic carbocycles. The van der Waals surface area contributed by atoms with Gasteiger partial charge in [0.1, 0.15) is 11.6 Å². The quantitative estimate of drug-likeness (QED) is 0.563. The fraction of sp³-hybridized carbons (Fsp3) is 0.200. The average Bonchev–Trinajstić information content (AvgIpc) is 2.66. The summed E-state index contributed by atoms with van der Waals surface area (Å²) in [6.07, 6.45) is 1.36. The maximum atomic E-state index is 12.5. The standard InChI is InChI=1S/C20H18F2N2O3/c1-2-26-18-11-15(8-9-17(18)27-20(21)22)10-16(12-23)19(25)24-13-14-6-4-3-5-7-14/h3-11,20H,2,13H2,1H3,(H,24,25)/b16-10+. The summed E-state index contributed by atoms with van der Waals surface area (Å²) in [5.74, 6) is -0.545. The maximum absolute atomic E-state index is 12.5. The highest BCUT2D eigenvalue weighted by Gasteiger charge is 2.13. The number of nitrogens with one attached hydrogen (secondary N) is 1. The molecular weight excluding hydrogens is 354 g/mol. The molecule has 0 saturated heterocycles. The van der Waals surface area contributed by atoms with E-state index in [1.807, 2.05) is 36.4 Å². The minimum absolute atomic E-state index is 0.105. The molecule has 1 N–H and O–H groups in total. The smallest absolute Gasteiger partial charge is 0.387 e. The van der Waals surface area contributed by atoms with Gasteiger partial charge in [-0.1, -0.05) is 36.4 Å². The van der Waals surface area contributed by atoms with E-state index in [-0.39, 0.29) is 30.2 Å². The Kier molecular flexibility index (Phi) is 7.32. The van der Waals surface area contributed by atoms with Crippen LogP contribution in [-0.4, -0.2) is 19.1 Å². The van der Waals surface area contributed by atoms with Crippen LogP contribution in [0.5, 0.6) is 11.5 Å². The minimum Gasteiger partial charge on any atom is -0.490 e. The summed E-state index contributed by atoms with van der Waals surface area (Å²) >= 11 is 0. The first kappa shape index (κ1) is 19.9. The molecule has 0 atom stereocenters. The van der Waals surface area contributed by atoms with Crippen molar-refractivity contribution in [2.75, 3.05) is 6.61 Å². The van der Waals surface area contributed by atoms with Crippen LogP contribution in [0, 0.1) is 11.3 Å². The molecule has 0 unspecified atom stereocenters. The topological polar surface area (TPSA) is 71.3 Å². The van der Waals surface area contributed by atoms with Gasteiger partial charge in [0.2, 0.25) is 0 Å². The van der Waals surface area contributed by atoms with Crippen molar-refractivity contribution in [1.82, 2.24) is 5.32 Å². The highest BCUT2D eigenvalue weighted by Crippen LogP contribution is 2.30. The van der Waals surface area contributed by atoms with E-state index in [9.17, 15) is 18.8 Å². The average molecular weight is 372 g/mol. The third kappa shape index (κ3) is 6.12. The first-order chi connectivity index (χ1) is 13.0. The van der Waals surface area contributed by atoms with Crippen LogP contribution in [0.1, 0.15) is 18.1 Å². The van der Waals surface area contributed by atoms with Gasteiger partial charge in [0.15, 0.2) is 11.5 Å². The number of rotatable bonds is 8. The van der Waals surface area contributed by atoms with Crippen molar-refractivity contribution in [3.63, 3.8) is 0 Å². The molecule has 1 amide bonds. The Balaban J connectivity index is 2.16. The van der Waals surface area contributed by atoms with E-state index < -0.39 is 12.5 Å². The van der Waals surface area contributed by atoms with Gasteiger partial charge in [0.25, 0.3) is 5.91 Å². The van der Waals surface area contributed by atoms with Gasteiger partial charge in [-0.15, -0.1) is 0 Å². The number of alkyl halides is 2. The molecule has 0 spiro atoms. The molecule has 5 nitrogen and oxygen atoms in total. The lowest BCUT2D eigenvalue weighted by Crippen LogP contribution is -2.23. The van der Waals surface area contributed by atoms with Crippen LogP contribution in [0.2, 0.25) is 0 Å². The number of nitrogens with zero attached hydrogens (tertiary/aromatic N) is 1. The van der Waals surface area contributed by atoms with E-state index in [1.165, 1.54) is 24.3 Å². The molecule has 0 bridgehead atoms. The zero-order chi connectivity index (χ0) is 19.6. The van der Waals surface area contributed by atoms with Crippen molar-refractivity contribution >= 4 is 12.0 Å². The van der Waals surface area contributed by atoms with Crippen molar-refractivity contribution in [1.29, 1.82) is 5.26 Å². The molecule has 27 heavy (non-hydrogen) atoms. The lowest BCUT2D eigenvalue weighted by atomic mass is 10.1. The Labute approximate surface area is 155 Å². The molecule has 7 heteroatoms. The molecular formula is C20H18F2N2O3. The third-order valence-corrected chi connectivity index (χ3v) is 3.46. The van der Waals surface area contributed by atoms with Gasteiger partial charge < -0.3 is 14.8 Å². The van der Waals surface area contributed by atoms with E-state index >= 15 is 0 Å². The summed E-state index contributed by atoms with van der Waals surface area (Å²) < 4.78 is 34.6. The number of hydrogen-bond donors (Lipinski definition) is 1. The van der Waals surface area contributed by atoms with Gasteiger partial charge in [-0.3, -0.25) is 4.79 Å². The van der Waals surface area contributed by atoms with Gasteiger partial charge in [0.05, 0.1) is 6.61 Å². The summed E-state index contributed by atoms with van der Waals surface area (Å²) in [6, 6.07) is 15.3. The van der Waals surface area contributed by atoms with Crippen LogP contribution in [0.3, 0.4) is 0 Å². The number of carbonyl (C=O) groups excluding carboxylic acids is 1. The van der Waals surface area contributed by atoms with E-state index in [1.54, 1.807) is 6.92 Å². The number of ether oxygens (including phenoxy) is 2. The van der Waals surface area contributed by atoms with Crippen LogP contribution in [-0.2, 0) is 11.3 Å². The second-order valence-electron chi connectivity index (χ2n) is 5.36. The minimum atomic E-state index is -2.98. The number of amides is 1. The van der Waals surface area contributed by atoms with E-state index in [4.69, 9.17) is 4.74 Å².